The second-order valence-corrected chi connectivity index (χ2v) is 8.74. The minimum absolute atomic E-state index is 0.0260. The van der Waals surface area contributed by atoms with Crippen LogP contribution >= 0.6 is 0 Å². The lowest BCUT2D eigenvalue weighted by atomic mass is 9.96. The maximum atomic E-state index is 14.9. The van der Waals surface area contributed by atoms with Gasteiger partial charge in [-0.3, -0.25) is 0 Å². The van der Waals surface area contributed by atoms with E-state index in [0.29, 0.717) is 11.1 Å². The highest BCUT2D eigenvalue weighted by Crippen LogP contribution is 2.32. The van der Waals surface area contributed by atoms with Crippen molar-refractivity contribution in [3.63, 3.8) is 0 Å². The molecule has 0 aliphatic rings. The highest BCUT2D eigenvalue weighted by molar-refractivity contribution is 5.88. The molecule has 0 aliphatic carbocycles. The van der Waals surface area contributed by atoms with Crippen molar-refractivity contribution >= 4 is 10.8 Å². The fraction of sp³-hybridized carbons (Fsp3) is 0.267. The molecule has 0 fully saturated rings. The van der Waals surface area contributed by atoms with Gasteiger partial charge in [0.05, 0.1) is 5.56 Å². The van der Waals surface area contributed by atoms with Gasteiger partial charge in [0.2, 0.25) is 0 Å². The van der Waals surface area contributed by atoms with Crippen LogP contribution in [0.5, 0.6) is 0 Å². The summed E-state index contributed by atoms with van der Waals surface area (Å²) in [5.41, 5.74) is 4.36. The molecule has 0 amide bonds. The van der Waals surface area contributed by atoms with Crippen LogP contribution in [0.25, 0.3) is 33.0 Å². The Morgan fingerprint density at radius 2 is 1.22 bits per heavy atom. The van der Waals surface area contributed by atoms with Crippen molar-refractivity contribution in [1.29, 1.82) is 0 Å². The van der Waals surface area contributed by atoms with Crippen molar-refractivity contribution < 1.29 is 8.78 Å². The lowest BCUT2D eigenvalue weighted by molar-refractivity contribution is 0.590. The largest absolute Gasteiger partial charge is 0.206 e. The molecule has 4 aromatic carbocycles. The van der Waals surface area contributed by atoms with Gasteiger partial charge in [-0.25, -0.2) is 8.78 Å². The maximum Gasteiger partial charge on any atom is 0.134 e. The zero-order valence-corrected chi connectivity index (χ0v) is 18.9. The molecular formula is C30H30F2. The average Bonchev–Trinajstić information content (AvgIpc) is 2.79. The summed E-state index contributed by atoms with van der Waals surface area (Å²) in [6, 6.07) is 22.7. The second-order valence-electron chi connectivity index (χ2n) is 8.74. The van der Waals surface area contributed by atoms with Crippen molar-refractivity contribution in [3.05, 3.63) is 95.6 Å². The van der Waals surface area contributed by atoms with E-state index in [1.807, 2.05) is 31.2 Å². The topological polar surface area (TPSA) is 0 Å². The van der Waals surface area contributed by atoms with Crippen molar-refractivity contribution in [2.75, 3.05) is 0 Å². The molecule has 0 nitrogen and oxygen atoms in total. The number of benzene rings is 4. The predicted molar refractivity (Wildman–Crippen MR) is 132 cm³/mol. The van der Waals surface area contributed by atoms with Gasteiger partial charge in [0.1, 0.15) is 11.6 Å². The number of hydrogen-bond acceptors (Lipinski definition) is 0. The van der Waals surface area contributed by atoms with E-state index < -0.39 is 11.6 Å². The molecule has 0 spiro atoms. The molecule has 0 atom stereocenters. The third kappa shape index (κ3) is 5.07. The first-order chi connectivity index (χ1) is 15.5. The number of hydrogen-bond donors (Lipinski definition) is 0. The van der Waals surface area contributed by atoms with E-state index >= 15 is 0 Å². The maximum absolute atomic E-state index is 14.9. The van der Waals surface area contributed by atoms with E-state index in [4.69, 9.17) is 0 Å². The zero-order chi connectivity index (χ0) is 22.5. The van der Waals surface area contributed by atoms with Gasteiger partial charge in [-0.2, -0.15) is 0 Å². The molecule has 4 rings (SSSR count). The molecule has 0 heterocycles. The van der Waals surface area contributed by atoms with Crippen LogP contribution in [-0.4, -0.2) is 0 Å². The molecule has 0 aliphatic heterocycles. The standard InChI is InChI=1S/C30H30F2/c1-3-4-5-6-7-8-22-11-14-25-18-26(16-15-24(25)17-22)27-19-28(31)30(29(32)20-27)23-12-9-21(2)10-13-23/h9-20H,3-8H2,1-2H3. The van der Waals surface area contributed by atoms with Crippen molar-refractivity contribution in [1.82, 2.24) is 0 Å². The summed E-state index contributed by atoms with van der Waals surface area (Å²) >= 11 is 0. The van der Waals surface area contributed by atoms with Crippen LogP contribution in [0, 0.1) is 18.6 Å². The van der Waals surface area contributed by atoms with Gasteiger partial charge in [0, 0.05) is 0 Å². The SMILES string of the molecule is CCCCCCCc1ccc2cc(-c3cc(F)c(-c4ccc(C)cc4)c(F)c3)ccc2c1. The molecular weight excluding hydrogens is 398 g/mol. The minimum Gasteiger partial charge on any atom is -0.206 e. The first-order valence-electron chi connectivity index (χ1n) is 11.6. The molecule has 0 N–H and O–H groups in total. The highest BCUT2D eigenvalue weighted by Gasteiger charge is 2.14. The van der Waals surface area contributed by atoms with Crippen LogP contribution in [0.1, 0.15) is 50.2 Å². The summed E-state index contributed by atoms with van der Waals surface area (Å²) in [7, 11) is 0. The minimum atomic E-state index is -0.539. The van der Waals surface area contributed by atoms with Crippen LogP contribution in [0.3, 0.4) is 0 Å². The molecule has 0 radical (unpaired) electrons. The second kappa shape index (κ2) is 10.1. The van der Waals surface area contributed by atoms with E-state index in [2.05, 4.69) is 31.2 Å². The molecule has 0 aromatic heterocycles. The van der Waals surface area contributed by atoms with Crippen molar-refractivity contribution in [3.8, 4) is 22.3 Å². The van der Waals surface area contributed by atoms with Crippen LogP contribution in [0.2, 0.25) is 0 Å². The Labute approximate surface area is 189 Å². The van der Waals surface area contributed by atoms with E-state index in [9.17, 15) is 8.78 Å². The quantitative estimate of drug-likeness (QED) is 0.245. The van der Waals surface area contributed by atoms with Crippen LogP contribution in [0.4, 0.5) is 8.78 Å². The lowest BCUT2D eigenvalue weighted by Crippen LogP contribution is -1.93. The van der Waals surface area contributed by atoms with Crippen molar-refractivity contribution in [2.45, 2.75) is 52.4 Å². The van der Waals surface area contributed by atoms with Crippen LogP contribution in [0.15, 0.2) is 72.8 Å². The lowest BCUT2D eigenvalue weighted by Gasteiger charge is -2.11. The molecule has 0 saturated carbocycles. The Bertz CT molecular complexity index is 1180. The monoisotopic (exact) mass is 428 g/mol. The zero-order valence-electron chi connectivity index (χ0n) is 18.9. The number of aryl methyl sites for hydroxylation is 2. The van der Waals surface area contributed by atoms with Gasteiger partial charge in [0.25, 0.3) is 0 Å². The Hall–Kier alpha value is -3.00. The van der Waals surface area contributed by atoms with Gasteiger partial charge < -0.3 is 0 Å². The number of fused-ring (bicyclic) bond motifs is 1. The first-order valence-corrected chi connectivity index (χ1v) is 11.6. The van der Waals surface area contributed by atoms with Gasteiger partial charge >= 0.3 is 0 Å². The van der Waals surface area contributed by atoms with Gasteiger partial charge in [-0.05, 0) is 71.0 Å². The Balaban J connectivity index is 1.56. The van der Waals surface area contributed by atoms with E-state index in [0.717, 1.165) is 28.3 Å². The molecule has 0 bridgehead atoms. The Morgan fingerprint density at radius 1 is 0.594 bits per heavy atom. The molecule has 32 heavy (non-hydrogen) atoms. The molecule has 4 aromatic rings. The third-order valence-electron chi connectivity index (χ3n) is 6.19. The number of unbranched alkanes of at least 4 members (excludes halogenated alkanes) is 4. The first kappa shape index (κ1) is 22.2. The highest BCUT2D eigenvalue weighted by atomic mass is 19.1. The molecule has 0 unspecified atom stereocenters. The summed E-state index contributed by atoms with van der Waals surface area (Å²) in [4.78, 5) is 0. The van der Waals surface area contributed by atoms with E-state index in [1.54, 1.807) is 12.1 Å². The summed E-state index contributed by atoms with van der Waals surface area (Å²) < 4.78 is 29.8. The third-order valence-corrected chi connectivity index (χ3v) is 6.19. The molecule has 0 saturated heterocycles. The number of rotatable bonds is 8. The fourth-order valence-electron chi connectivity index (χ4n) is 4.30. The van der Waals surface area contributed by atoms with Gasteiger partial charge in [0.15, 0.2) is 0 Å². The van der Waals surface area contributed by atoms with E-state index in [1.165, 1.54) is 49.8 Å². The molecule has 2 heteroatoms. The molecule has 164 valence electrons. The summed E-state index contributed by atoms with van der Waals surface area (Å²) in [5.74, 6) is -1.08. The smallest absolute Gasteiger partial charge is 0.134 e. The van der Waals surface area contributed by atoms with Crippen LogP contribution in [-0.2, 0) is 6.42 Å². The van der Waals surface area contributed by atoms with E-state index in [-0.39, 0.29) is 5.56 Å². The summed E-state index contributed by atoms with van der Waals surface area (Å²) in [6.07, 6.45) is 7.48. The fourth-order valence-corrected chi connectivity index (χ4v) is 4.30. The average molecular weight is 429 g/mol. The van der Waals surface area contributed by atoms with Gasteiger partial charge in [-0.15, -0.1) is 0 Å². The summed E-state index contributed by atoms with van der Waals surface area (Å²) in [5, 5.41) is 2.25. The normalized spacial score (nSPS) is 11.2. The van der Waals surface area contributed by atoms with Crippen molar-refractivity contribution in [2.24, 2.45) is 0 Å². The summed E-state index contributed by atoms with van der Waals surface area (Å²) in [6.45, 7) is 4.19. The predicted octanol–water partition coefficient (Wildman–Crippen LogP) is 9.27. The van der Waals surface area contributed by atoms with Gasteiger partial charge in [-0.1, -0.05) is 92.8 Å². The Kier molecular flexibility index (Phi) is 6.99. The van der Waals surface area contributed by atoms with Crippen LogP contribution < -0.4 is 0 Å². The Morgan fingerprint density at radius 3 is 1.94 bits per heavy atom. The number of halogens is 2.